The number of aromatic amines is 1. The third kappa shape index (κ3) is 6.49. The van der Waals surface area contributed by atoms with Crippen molar-refractivity contribution in [1.82, 2.24) is 19.9 Å². The highest BCUT2D eigenvalue weighted by atomic mass is 16.5. The predicted molar refractivity (Wildman–Crippen MR) is 173 cm³/mol. The van der Waals surface area contributed by atoms with E-state index in [4.69, 9.17) is 9.26 Å². The van der Waals surface area contributed by atoms with Crippen LogP contribution in [0.3, 0.4) is 0 Å². The monoisotopic (exact) mass is 609 g/mol. The molecule has 9 nitrogen and oxygen atoms in total. The smallest absolute Gasteiger partial charge is 0.438 e. The maximum Gasteiger partial charge on any atom is 0.438 e. The average molecular weight is 610 g/mol. The Morgan fingerprint density at radius 3 is 2.44 bits per heavy atom. The van der Waals surface area contributed by atoms with E-state index >= 15 is 0 Å². The molecule has 2 heterocycles. The summed E-state index contributed by atoms with van der Waals surface area (Å²) in [5, 5.41) is 8.52. The number of H-pyrrole nitrogens is 1. The van der Waals surface area contributed by atoms with Crippen molar-refractivity contribution in [2.24, 2.45) is 11.8 Å². The number of hydrogen-bond donors (Lipinski definition) is 1. The molecule has 0 spiro atoms. The van der Waals surface area contributed by atoms with Gasteiger partial charge >= 0.3 is 5.76 Å². The van der Waals surface area contributed by atoms with E-state index in [1.165, 1.54) is 24.0 Å². The van der Waals surface area contributed by atoms with Crippen LogP contribution in [0.4, 0.5) is 5.69 Å². The van der Waals surface area contributed by atoms with Crippen molar-refractivity contribution in [1.29, 1.82) is 0 Å². The van der Waals surface area contributed by atoms with Crippen molar-refractivity contribution in [2.75, 3.05) is 18.6 Å². The molecule has 2 aromatic carbocycles. The van der Waals surface area contributed by atoms with Gasteiger partial charge in [0.2, 0.25) is 5.91 Å². The van der Waals surface area contributed by atoms with E-state index in [1.54, 1.807) is 7.11 Å². The number of hydrogen-bond acceptors (Lipinski definition) is 6. The molecule has 0 aliphatic heterocycles. The Labute approximate surface area is 264 Å². The lowest BCUT2D eigenvalue weighted by Crippen LogP contribution is -2.41. The zero-order chi connectivity index (χ0) is 30.9. The van der Waals surface area contributed by atoms with E-state index in [1.807, 2.05) is 6.20 Å². The first-order valence-corrected chi connectivity index (χ1v) is 16.6. The maximum absolute atomic E-state index is 14.4. The first-order valence-electron chi connectivity index (χ1n) is 16.6. The van der Waals surface area contributed by atoms with Gasteiger partial charge in [0.1, 0.15) is 5.75 Å². The van der Waals surface area contributed by atoms with Crippen LogP contribution in [0.5, 0.6) is 5.75 Å². The van der Waals surface area contributed by atoms with Crippen molar-refractivity contribution >= 4 is 11.6 Å². The van der Waals surface area contributed by atoms with Crippen LogP contribution in [0.2, 0.25) is 0 Å². The molecule has 236 valence electrons. The normalized spacial score (nSPS) is 23.5. The minimum atomic E-state index is -0.520. The van der Waals surface area contributed by atoms with Crippen molar-refractivity contribution in [3.05, 3.63) is 82.4 Å². The number of aryl methyl sites for hydroxylation is 1. The van der Waals surface area contributed by atoms with Gasteiger partial charge in [0.15, 0.2) is 5.82 Å². The van der Waals surface area contributed by atoms with E-state index in [0.29, 0.717) is 23.7 Å². The molecular formula is C36H43N5O4. The lowest BCUT2D eigenvalue weighted by Gasteiger charge is -2.36. The SMILES string of the molecule is COc1ccc([C@H]2CC[C@H](CN(c3cccc(-c4cnn(C5CC5)c4)c3)C(=O)[C@H]3CC[C@H](c4noc(=O)[nH]4)CC3)CC2)cc1C. The molecule has 0 atom stereocenters. The average Bonchev–Trinajstić information content (AvgIpc) is 3.64. The van der Waals surface area contributed by atoms with Gasteiger partial charge in [-0.15, -0.1) is 0 Å². The Bertz CT molecular complexity index is 1680. The molecular weight excluding hydrogens is 566 g/mol. The lowest BCUT2D eigenvalue weighted by molar-refractivity contribution is -0.123. The van der Waals surface area contributed by atoms with Crippen LogP contribution in [0.1, 0.15) is 99.0 Å². The number of anilines is 1. The number of benzene rings is 2. The number of aromatic nitrogens is 4. The van der Waals surface area contributed by atoms with Crippen LogP contribution in [0, 0.1) is 18.8 Å². The first kappa shape index (κ1) is 29.6. The summed E-state index contributed by atoms with van der Waals surface area (Å²) < 4.78 is 12.3. The summed E-state index contributed by atoms with van der Waals surface area (Å²) in [6.07, 6.45) is 14.1. The van der Waals surface area contributed by atoms with E-state index in [9.17, 15) is 9.59 Å². The van der Waals surface area contributed by atoms with Gasteiger partial charge in [-0.25, -0.2) is 4.79 Å². The van der Waals surface area contributed by atoms with E-state index in [2.05, 4.69) is 80.4 Å². The number of methoxy groups -OCH3 is 1. The Balaban J connectivity index is 1.08. The van der Waals surface area contributed by atoms with Gasteiger partial charge in [-0.2, -0.15) is 5.10 Å². The molecule has 7 rings (SSSR count). The molecule has 1 amide bonds. The van der Waals surface area contributed by atoms with Crippen molar-refractivity contribution in [3.8, 4) is 16.9 Å². The van der Waals surface area contributed by atoms with Crippen molar-refractivity contribution in [2.45, 2.75) is 89.0 Å². The summed E-state index contributed by atoms with van der Waals surface area (Å²) >= 11 is 0. The first-order chi connectivity index (χ1) is 21.9. The summed E-state index contributed by atoms with van der Waals surface area (Å²) in [5.41, 5.74) is 5.72. The van der Waals surface area contributed by atoms with Crippen LogP contribution in [0.25, 0.3) is 11.1 Å². The van der Waals surface area contributed by atoms with Crippen LogP contribution < -0.4 is 15.4 Å². The van der Waals surface area contributed by atoms with Crippen molar-refractivity contribution < 1.29 is 14.1 Å². The summed E-state index contributed by atoms with van der Waals surface area (Å²) in [6.45, 7) is 2.84. The summed E-state index contributed by atoms with van der Waals surface area (Å²) in [7, 11) is 1.72. The summed E-state index contributed by atoms with van der Waals surface area (Å²) in [4.78, 5) is 30.6. The topological polar surface area (TPSA) is 106 Å². The number of nitrogens with one attached hydrogen (secondary N) is 1. The van der Waals surface area contributed by atoms with Crippen LogP contribution >= 0.6 is 0 Å². The van der Waals surface area contributed by atoms with Gasteiger partial charge in [0.25, 0.3) is 0 Å². The molecule has 0 unspecified atom stereocenters. The molecule has 4 aromatic rings. The quantitative estimate of drug-likeness (QED) is 0.216. The minimum absolute atomic E-state index is 0.0558. The largest absolute Gasteiger partial charge is 0.496 e. The van der Waals surface area contributed by atoms with Gasteiger partial charge < -0.3 is 9.64 Å². The molecule has 1 N–H and O–H groups in total. The van der Waals surface area contributed by atoms with E-state index in [0.717, 1.165) is 80.5 Å². The third-order valence-corrected chi connectivity index (χ3v) is 10.4. The molecule has 0 saturated heterocycles. The lowest BCUT2D eigenvalue weighted by atomic mass is 9.77. The minimum Gasteiger partial charge on any atom is -0.496 e. The zero-order valence-electron chi connectivity index (χ0n) is 26.3. The highest BCUT2D eigenvalue weighted by molar-refractivity contribution is 5.95. The summed E-state index contributed by atoms with van der Waals surface area (Å²) in [6, 6.07) is 15.6. The number of nitrogens with zero attached hydrogens (tertiary/aromatic N) is 4. The molecule has 3 saturated carbocycles. The number of amides is 1. The molecule has 3 fully saturated rings. The van der Waals surface area contributed by atoms with Crippen LogP contribution in [0.15, 0.2) is 64.2 Å². The fourth-order valence-corrected chi connectivity index (χ4v) is 7.55. The molecule has 0 radical (unpaired) electrons. The Hall–Kier alpha value is -4.14. The zero-order valence-corrected chi connectivity index (χ0v) is 26.3. The second-order valence-electron chi connectivity index (χ2n) is 13.4. The maximum atomic E-state index is 14.4. The summed E-state index contributed by atoms with van der Waals surface area (Å²) in [5.74, 6) is 2.28. The fourth-order valence-electron chi connectivity index (χ4n) is 7.55. The molecule has 2 aromatic heterocycles. The van der Waals surface area contributed by atoms with Gasteiger partial charge in [-0.05, 0) is 118 Å². The highest BCUT2D eigenvalue weighted by Crippen LogP contribution is 2.40. The highest BCUT2D eigenvalue weighted by Gasteiger charge is 2.34. The van der Waals surface area contributed by atoms with E-state index < -0.39 is 5.76 Å². The second kappa shape index (κ2) is 12.7. The van der Waals surface area contributed by atoms with Gasteiger partial charge in [0, 0.05) is 35.8 Å². The fraction of sp³-hybridized carbons (Fsp3) is 0.500. The van der Waals surface area contributed by atoms with Gasteiger partial charge in [-0.1, -0.05) is 29.4 Å². The second-order valence-corrected chi connectivity index (χ2v) is 13.4. The standard InChI is InChI=1S/C36H43N5O4/c1-23-18-29(14-17-33(23)44-2)25-8-6-24(7-9-25)21-40(35(42)27-12-10-26(11-13-27)34-38-36(43)45-39-34)32-5-3-4-28(19-32)30-20-37-41(22-30)31-15-16-31/h3-5,14,17-20,22,24-27,31H,6-13,15-16,21H2,1-2H3,(H,38,39,43)/t24-,25-,26-,27-. The van der Waals surface area contributed by atoms with Crippen LogP contribution in [-0.4, -0.2) is 39.5 Å². The molecule has 9 heteroatoms. The third-order valence-electron chi connectivity index (χ3n) is 10.4. The number of carbonyl (C=O) groups excluding carboxylic acids is 1. The Kier molecular flexibility index (Phi) is 8.34. The van der Waals surface area contributed by atoms with Gasteiger partial charge in [-0.3, -0.25) is 19.0 Å². The van der Waals surface area contributed by atoms with E-state index in [-0.39, 0.29) is 17.7 Å². The molecule has 45 heavy (non-hydrogen) atoms. The molecule has 0 bridgehead atoms. The molecule has 3 aliphatic rings. The number of carbonyl (C=O) groups is 1. The number of rotatable bonds is 9. The van der Waals surface area contributed by atoms with Crippen LogP contribution in [-0.2, 0) is 4.79 Å². The number of ether oxygens (including phenoxy) is 1. The van der Waals surface area contributed by atoms with Crippen molar-refractivity contribution in [3.63, 3.8) is 0 Å². The Morgan fingerprint density at radius 2 is 1.76 bits per heavy atom. The Morgan fingerprint density at radius 1 is 0.978 bits per heavy atom. The van der Waals surface area contributed by atoms with Gasteiger partial charge in [0.05, 0.1) is 19.3 Å². The predicted octanol–water partition coefficient (Wildman–Crippen LogP) is 7.16. The molecule has 3 aliphatic carbocycles.